The first-order chi connectivity index (χ1) is 17.4. The van der Waals surface area contributed by atoms with Crippen molar-refractivity contribution in [3.63, 3.8) is 0 Å². The first-order valence-electron chi connectivity index (χ1n) is 11.4. The molecule has 3 N–H and O–H groups in total. The summed E-state index contributed by atoms with van der Waals surface area (Å²) in [5.74, 6) is -0.337. The SMILES string of the molecule is Cc1cc(C(F)(F)F)nc2sc(C(=O)Nc3ccc(C(=O)/C=C/c4ccc(C(C)C)cc4)cc3)c(N)c12. The van der Waals surface area contributed by atoms with Crippen LogP contribution in [-0.4, -0.2) is 16.7 Å². The number of alkyl halides is 3. The summed E-state index contributed by atoms with van der Waals surface area (Å²) < 4.78 is 39.4. The molecule has 190 valence electrons. The van der Waals surface area contributed by atoms with Crippen molar-refractivity contribution in [1.82, 2.24) is 4.98 Å². The van der Waals surface area contributed by atoms with Crippen LogP contribution in [0.25, 0.3) is 16.3 Å². The smallest absolute Gasteiger partial charge is 0.397 e. The highest BCUT2D eigenvalue weighted by Crippen LogP contribution is 2.38. The van der Waals surface area contributed by atoms with Crippen LogP contribution in [0, 0.1) is 6.92 Å². The van der Waals surface area contributed by atoms with Gasteiger partial charge in [-0.05, 0) is 65.9 Å². The maximum absolute atomic E-state index is 13.1. The van der Waals surface area contributed by atoms with Gasteiger partial charge in [-0.1, -0.05) is 44.2 Å². The molecule has 0 aliphatic carbocycles. The maximum Gasteiger partial charge on any atom is 0.433 e. The average Bonchev–Trinajstić information content (AvgIpc) is 3.19. The summed E-state index contributed by atoms with van der Waals surface area (Å²) >= 11 is 0.799. The van der Waals surface area contributed by atoms with E-state index in [1.165, 1.54) is 18.6 Å². The molecule has 0 bridgehead atoms. The molecule has 4 rings (SSSR count). The van der Waals surface area contributed by atoms with Crippen LogP contribution in [0.2, 0.25) is 0 Å². The molecule has 0 atom stereocenters. The number of nitrogen functional groups attached to an aromatic ring is 1. The van der Waals surface area contributed by atoms with Gasteiger partial charge in [0.1, 0.15) is 15.4 Å². The van der Waals surface area contributed by atoms with Crippen LogP contribution < -0.4 is 11.1 Å². The van der Waals surface area contributed by atoms with Crippen LogP contribution in [0.1, 0.15) is 62.2 Å². The number of nitrogens with two attached hydrogens (primary N) is 1. The number of amides is 1. The Balaban J connectivity index is 1.47. The Labute approximate surface area is 215 Å². The second kappa shape index (κ2) is 10.2. The minimum Gasteiger partial charge on any atom is -0.397 e. The lowest BCUT2D eigenvalue weighted by molar-refractivity contribution is -0.141. The fourth-order valence-electron chi connectivity index (χ4n) is 3.79. The topological polar surface area (TPSA) is 85.1 Å². The Morgan fingerprint density at radius 2 is 1.70 bits per heavy atom. The van der Waals surface area contributed by atoms with Crippen molar-refractivity contribution < 1.29 is 22.8 Å². The zero-order valence-corrected chi connectivity index (χ0v) is 21.1. The fourth-order valence-corrected chi connectivity index (χ4v) is 4.86. The van der Waals surface area contributed by atoms with Gasteiger partial charge in [0.05, 0.1) is 5.69 Å². The highest BCUT2D eigenvalue weighted by Gasteiger charge is 2.34. The predicted octanol–water partition coefficient (Wildman–Crippen LogP) is 7.48. The van der Waals surface area contributed by atoms with E-state index >= 15 is 0 Å². The second-order valence-electron chi connectivity index (χ2n) is 8.90. The van der Waals surface area contributed by atoms with Crippen molar-refractivity contribution in [2.45, 2.75) is 32.9 Å². The molecule has 0 radical (unpaired) electrons. The number of hydrogen-bond acceptors (Lipinski definition) is 5. The van der Waals surface area contributed by atoms with Gasteiger partial charge in [0.2, 0.25) is 0 Å². The molecule has 0 unspecified atom stereocenters. The van der Waals surface area contributed by atoms with E-state index in [0.717, 1.165) is 23.0 Å². The van der Waals surface area contributed by atoms with Gasteiger partial charge >= 0.3 is 6.18 Å². The van der Waals surface area contributed by atoms with Gasteiger partial charge in [0.15, 0.2) is 5.78 Å². The number of benzene rings is 2. The highest BCUT2D eigenvalue weighted by molar-refractivity contribution is 7.21. The maximum atomic E-state index is 13.1. The van der Waals surface area contributed by atoms with E-state index < -0.39 is 17.8 Å². The molecule has 0 saturated heterocycles. The number of nitrogens with zero attached hydrogens (tertiary/aromatic N) is 1. The van der Waals surface area contributed by atoms with Gasteiger partial charge in [-0.3, -0.25) is 9.59 Å². The van der Waals surface area contributed by atoms with E-state index in [-0.39, 0.29) is 26.7 Å². The number of carbonyl (C=O) groups is 2. The Kier molecular flexibility index (Phi) is 7.18. The third kappa shape index (κ3) is 5.72. The zero-order chi connectivity index (χ0) is 26.9. The number of aromatic nitrogens is 1. The summed E-state index contributed by atoms with van der Waals surface area (Å²) in [7, 11) is 0. The van der Waals surface area contributed by atoms with Crippen LogP contribution in [0.3, 0.4) is 0 Å². The van der Waals surface area contributed by atoms with Crippen LogP contribution >= 0.6 is 11.3 Å². The number of ketones is 1. The molecule has 4 aromatic rings. The summed E-state index contributed by atoms with van der Waals surface area (Å²) in [6.45, 7) is 5.72. The molecule has 2 aromatic heterocycles. The number of carbonyl (C=O) groups excluding carboxylic acids is 2. The van der Waals surface area contributed by atoms with E-state index in [2.05, 4.69) is 24.1 Å². The number of fused-ring (bicyclic) bond motifs is 1. The van der Waals surface area contributed by atoms with Crippen molar-refractivity contribution >= 4 is 50.7 Å². The lowest BCUT2D eigenvalue weighted by Gasteiger charge is -2.07. The lowest BCUT2D eigenvalue weighted by atomic mass is 10.0. The number of halogens is 3. The summed E-state index contributed by atoms with van der Waals surface area (Å²) in [5.41, 5.74) is 8.41. The Morgan fingerprint density at radius 3 is 2.30 bits per heavy atom. The van der Waals surface area contributed by atoms with Crippen LogP contribution in [0.4, 0.5) is 24.5 Å². The zero-order valence-electron chi connectivity index (χ0n) is 20.3. The number of aryl methyl sites for hydroxylation is 1. The molecule has 5 nitrogen and oxygen atoms in total. The lowest BCUT2D eigenvalue weighted by Crippen LogP contribution is -2.12. The van der Waals surface area contributed by atoms with Gasteiger partial charge in [-0.25, -0.2) is 4.98 Å². The average molecular weight is 524 g/mol. The minimum atomic E-state index is -4.60. The third-order valence-electron chi connectivity index (χ3n) is 5.85. The summed E-state index contributed by atoms with van der Waals surface area (Å²) in [6, 6.07) is 15.2. The predicted molar refractivity (Wildman–Crippen MR) is 142 cm³/mol. The quantitative estimate of drug-likeness (QED) is 0.203. The first-order valence-corrected chi connectivity index (χ1v) is 12.3. The largest absolute Gasteiger partial charge is 0.433 e. The van der Waals surface area contributed by atoms with Gasteiger partial charge in [-0.2, -0.15) is 13.2 Å². The minimum absolute atomic E-state index is 0.0431. The highest BCUT2D eigenvalue weighted by atomic mass is 32.1. The molecule has 2 heterocycles. The van der Waals surface area contributed by atoms with E-state index in [1.807, 2.05) is 24.3 Å². The number of hydrogen-bond donors (Lipinski definition) is 2. The van der Waals surface area contributed by atoms with Crippen molar-refractivity contribution in [2.24, 2.45) is 0 Å². The number of pyridine rings is 1. The number of allylic oxidation sites excluding steroid dienone is 1. The number of anilines is 2. The van der Waals surface area contributed by atoms with Crippen molar-refractivity contribution in [3.05, 3.63) is 93.5 Å². The molecular weight excluding hydrogens is 499 g/mol. The summed E-state index contributed by atoms with van der Waals surface area (Å²) in [4.78, 5) is 29.1. The van der Waals surface area contributed by atoms with Gasteiger partial charge in [0, 0.05) is 16.6 Å². The molecule has 2 aromatic carbocycles. The fraction of sp³-hybridized carbons (Fsp3) is 0.179. The number of rotatable bonds is 6. The van der Waals surface area contributed by atoms with Crippen LogP contribution in [-0.2, 0) is 6.18 Å². The van der Waals surface area contributed by atoms with Crippen LogP contribution in [0.15, 0.2) is 60.7 Å². The molecule has 9 heteroatoms. The Hall–Kier alpha value is -3.98. The Bertz CT molecular complexity index is 1500. The van der Waals surface area contributed by atoms with Crippen molar-refractivity contribution in [1.29, 1.82) is 0 Å². The van der Waals surface area contributed by atoms with E-state index in [0.29, 0.717) is 22.6 Å². The van der Waals surface area contributed by atoms with Crippen molar-refractivity contribution in [2.75, 3.05) is 11.1 Å². The molecule has 0 saturated carbocycles. The molecule has 0 spiro atoms. The molecule has 0 aliphatic heterocycles. The van der Waals surface area contributed by atoms with Crippen molar-refractivity contribution in [3.8, 4) is 0 Å². The molecular formula is C28H24F3N3O2S. The van der Waals surface area contributed by atoms with Gasteiger partial charge in [-0.15, -0.1) is 11.3 Å². The number of thiophene rings is 1. The monoisotopic (exact) mass is 523 g/mol. The van der Waals surface area contributed by atoms with Gasteiger partial charge in [0.25, 0.3) is 5.91 Å². The van der Waals surface area contributed by atoms with E-state index in [4.69, 9.17) is 5.73 Å². The van der Waals surface area contributed by atoms with Gasteiger partial charge < -0.3 is 11.1 Å². The molecule has 0 aliphatic rings. The summed E-state index contributed by atoms with van der Waals surface area (Å²) in [6.07, 6.45) is -1.38. The summed E-state index contributed by atoms with van der Waals surface area (Å²) in [5, 5.41) is 3.00. The Morgan fingerprint density at radius 1 is 1.05 bits per heavy atom. The number of nitrogens with one attached hydrogen (secondary N) is 1. The normalized spacial score (nSPS) is 12.0. The second-order valence-corrected chi connectivity index (χ2v) is 9.90. The third-order valence-corrected chi connectivity index (χ3v) is 6.95. The standard InChI is InChI=1S/C28H24F3N3O2S/c1-15(2)18-7-4-17(5-8-18)6-13-21(35)19-9-11-20(12-10-19)33-26(36)25-24(32)23-16(3)14-22(28(29,30)31)34-27(23)37-25/h4-15H,32H2,1-3H3,(H,33,36)/b13-6+. The van der Waals surface area contributed by atoms with E-state index in [1.54, 1.807) is 30.3 Å². The van der Waals surface area contributed by atoms with Crippen LogP contribution in [0.5, 0.6) is 0 Å². The molecule has 37 heavy (non-hydrogen) atoms. The van der Waals surface area contributed by atoms with E-state index in [9.17, 15) is 22.8 Å². The molecule has 0 fully saturated rings. The first kappa shape index (κ1) is 26.1. The molecule has 1 amide bonds.